The fourth-order valence-electron chi connectivity index (χ4n) is 3.38. The average Bonchev–Trinajstić information content (AvgIpc) is 2.79. The highest BCUT2D eigenvalue weighted by molar-refractivity contribution is 6.40. The van der Waals surface area contributed by atoms with Gasteiger partial charge in [0.15, 0.2) is 0 Å². The van der Waals surface area contributed by atoms with Crippen LogP contribution >= 0.6 is 23.2 Å². The maximum atomic E-state index is 13.8. The number of hydrogen-bond donors (Lipinski definition) is 1. The number of rotatable bonds is 5. The van der Waals surface area contributed by atoms with Crippen LogP contribution in [0.25, 0.3) is 6.08 Å². The highest BCUT2D eigenvalue weighted by atomic mass is 35.5. The SMILES string of the molecule is Cc1c(Cl)cccc1N1C(=O)NC(=O)/C(=C\c2ccc(OCc3ccccc3F)c(Cl)c2)C1=O. The van der Waals surface area contributed by atoms with Crippen molar-refractivity contribution in [3.8, 4) is 5.75 Å². The number of ether oxygens (including phenoxy) is 1. The van der Waals surface area contributed by atoms with Gasteiger partial charge in [0.2, 0.25) is 0 Å². The van der Waals surface area contributed by atoms with Crippen LogP contribution in [0.4, 0.5) is 14.9 Å². The topological polar surface area (TPSA) is 75.7 Å². The first-order valence-corrected chi connectivity index (χ1v) is 10.8. The Labute approximate surface area is 204 Å². The lowest BCUT2D eigenvalue weighted by Gasteiger charge is -2.27. The molecule has 4 amide bonds. The summed E-state index contributed by atoms with van der Waals surface area (Å²) in [4.78, 5) is 38.8. The number of carbonyl (C=O) groups is 3. The van der Waals surface area contributed by atoms with E-state index >= 15 is 0 Å². The molecule has 1 aliphatic heterocycles. The molecule has 1 aliphatic rings. The van der Waals surface area contributed by atoms with Crippen molar-refractivity contribution in [3.63, 3.8) is 0 Å². The number of amides is 4. The third kappa shape index (κ3) is 4.66. The van der Waals surface area contributed by atoms with E-state index in [1.807, 2.05) is 0 Å². The van der Waals surface area contributed by atoms with Crippen molar-refractivity contribution < 1.29 is 23.5 Å². The molecule has 1 N–H and O–H groups in total. The second-order valence-corrected chi connectivity index (χ2v) is 8.23. The van der Waals surface area contributed by atoms with Gasteiger partial charge in [-0.3, -0.25) is 14.9 Å². The number of carbonyl (C=O) groups excluding carboxylic acids is 3. The van der Waals surface area contributed by atoms with Crippen molar-refractivity contribution in [1.29, 1.82) is 0 Å². The first kappa shape index (κ1) is 23.5. The molecule has 0 aromatic heterocycles. The average molecular weight is 499 g/mol. The Morgan fingerprint density at radius 1 is 1.00 bits per heavy atom. The quantitative estimate of drug-likeness (QED) is 0.362. The summed E-state index contributed by atoms with van der Waals surface area (Å²) in [7, 11) is 0. The van der Waals surface area contributed by atoms with E-state index in [1.54, 1.807) is 55.5 Å². The van der Waals surface area contributed by atoms with E-state index in [1.165, 1.54) is 18.2 Å². The zero-order valence-electron chi connectivity index (χ0n) is 17.8. The van der Waals surface area contributed by atoms with Gasteiger partial charge in [0, 0.05) is 10.6 Å². The van der Waals surface area contributed by atoms with Crippen LogP contribution in [-0.4, -0.2) is 17.8 Å². The molecule has 1 heterocycles. The van der Waals surface area contributed by atoms with Gasteiger partial charge < -0.3 is 4.74 Å². The minimum absolute atomic E-state index is 0.0240. The molecule has 0 aliphatic carbocycles. The monoisotopic (exact) mass is 498 g/mol. The van der Waals surface area contributed by atoms with Crippen molar-refractivity contribution in [1.82, 2.24) is 5.32 Å². The highest BCUT2D eigenvalue weighted by Gasteiger charge is 2.37. The number of benzene rings is 3. The first-order chi connectivity index (χ1) is 16.3. The van der Waals surface area contributed by atoms with Crippen molar-refractivity contribution in [2.45, 2.75) is 13.5 Å². The molecule has 4 rings (SSSR count). The molecule has 34 heavy (non-hydrogen) atoms. The van der Waals surface area contributed by atoms with E-state index in [0.717, 1.165) is 4.90 Å². The number of barbiturate groups is 1. The number of urea groups is 1. The van der Waals surface area contributed by atoms with Crippen LogP contribution in [-0.2, 0) is 16.2 Å². The fraction of sp³-hybridized carbons (Fsp3) is 0.0800. The van der Waals surface area contributed by atoms with E-state index in [0.29, 0.717) is 27.5 Å². The largest absolute Gasteiger partial charge is 0.487 e. The zero-order chi connectivity index (χ0) is 24.4. The molecule has 0 bridgehead atoms. The third-order valence-corrected chi connectivity index (χ3v) is 5.89. The van der Waals surface area contributed by atoms with Crippen molar-refractivity contribution in [2.24, 2.45) is 0 Å². The Morgan fingerprint density at radius 3 is 2.50 bits per heavy atom. The Bertz CT molecular complexity index is 1360. The summed E-state index contributed by atoms with van der Waals surface area (Å²) < 4.78 is 19.4. The molecule has 0 atom stereocenters. The number of halogens is 3. The molecule has 6 nitrogen and oxygen atoms in total. The Hall–Kier alpha value is -3.68. The maximum Gasteiger partial charge on any atom is 0.335 e. The van der Waals surface area contributed by atoms with Gasteiger partial charge in [0.25, 0.3) is 11.8 Å². The van der Waals surface area contributed by atoms with Gasteiger partial charge in [0.05, 0.1) is 10.7 Å². The summed E-state index contributed by atoms with van der Waals surface area (Å²) in [6, 6.07) is 14.8. The molecular weight excluding hydrogens is 482 g/mol. The third-order valence-electron chi connectivity index (χ3n) is 5.19. The van der Waals surface area contributed by atoms with Crippen LogP contribution in [0, 0.1) is 12.7 Å². The summed E-state index contributed by atoms with van der Waals surface area (Å²) in [5.74, 6) is -1.72. The van der Waals surface area contributed by atoms with Gasteiger partial charge in [-0.05, 0) is 54.5 Å². The van der Waals surface area contributed by atoms with Crippen LogP contribution in [0.1, 0.15) is 16.7 Å². The standard InChI is InChI=1S/C25H17Cl2FN2O4/c1-14-18(26)6-4-8-21(14)30-24(32)17(23(31)29-25(30)33)11-15-9-10-22(19(27)12-15)34-13-16-5-2-3-7-20(16)28/h2-12H,13H2,1H3,(H,29,31,33)/b17-11+. The van der Waals surface area contributed by atoms with Crippen LogP contribution < -0.4 is 15.0 Å². The molecule has 1 fully saturated rings. The normalized spacial score (nSPS) is 15.0. The van der Waals surface area contributed by atoms with Gasteiger partial charge >= 0.3 is 6.03 Å². The molecule has 172 valence electrons. The van der Waals surface area contributed by atoms with Crippen LogP contribution in [0.15, 0.2) is 66.2 Å². The zero-order valence-corrected chi connectivity index (χ0v) is 19.3. The van der Waals surface area contributed by atoms with Crippen molar-refractivity contribution >= 4 is 52.8 Å². The minimum Gasteiger partial charge on any atom is -0.487 e. The van der Waals surface area contributed by atoms with Gasteiger partial charge in [-0.15, -0.1) is 0 Å². The van der Waals surface area contributed by atoms with Crippen LogP contribution in [0.3, 0.4) is 0 Å². The molecule has 0 radical (unpaired) electrons. The Morgan fingerprint density at radius 2 is 1.76 bits per heavy atom. The molecule has 1 saturated heterocycles. The lowest BCUT2D eigenvalue weighted by Crippen LogP contribution is -2.54. The Balaban J connectivity index is 1.60. The number of imide groups is 2. The second kappa shape index (κ2) is 9.67. The van der Waals surface area contributed by atoms with E-state index in [-0.39, 0.29) is 22.9 Å². The van der Waals surface area contributed by atoms with Gasteiger partial charge in [0.1, 0.15) is 23.7 Å². The van der Waals surface area contributed by atoms with Gasteiger partial charge in [-0.25, -0.2) is 14.1 Å². The molecule has 0 saturated carbocycles. The molecular formula is C25H17Cl2FN2O4. The van der Waals surface area contributed by atoms with Crippen LogP contribution in [0.5, 0.6) is 5.75 Å². The van der Waals surface area contributed by atoms with E-state index in [4.69, 9.17) is 27.9 Å². The van der Waals surface area contributed by atoms with E-state index in [9.17, 15) is 18.8 Å². The fourth-order valence-corrected chi connectivity index (χ4v) is 3.79. The molecule has 0 unspecified atom stereocenters. The highest BCUT2D eigenvalue weighted by Crippen LogP contribution is 2.31. The number of nitrogens with zero attached hydrogens (tertiary/aromatic N) is 1. The maximum absolute atomic E-state index is 13.8. The number of nitrogens with one attached hydrogen (secondary N) is 1. The summed E-state index contributed by atoms with van der Waals surface area (Å²) in [6.07, 6.45) is 1.32. The number of anilines is 1. The predicted molar refractivity (Wildman–Crippen MR) is 127 cm³/mol. The van der Waals surface area contributed by atoms with Crippen LogP contribution in [0.2, 0.25) is 10.0 Å². The summed E-state index contributed by atoms with van der Waals surface area (Å²) >= 11 is 12.4. The van der Waals surface area contributed by atoms with E-state index < -0.39 is 23.7 Å². The second-order valence-electron chi connectivity index (χ2n) is 7.41. The Kier molecular flexibility index (Phi) is 6.68. The van der Waals surface area contributed by atoms with Gasteiger partial charge in [-0.1, -0.05) is 53.5 Å². The first-order valence-electron chi connectivity index (χ1n) is 10.1. The summed E-state index contributed by atoms with van der Waals surface area (Å²) in [5, 5.41) is 2.74. The molecule has 0 spiro atoms. The lowest BCUT2D eigenvalue weighted by molar-refractivity contribution is -0.122. The predicted octanol–water partition coefficient (Wildman–Crippen LogP) is 5.69. The summed E-state index contributed by atoms with van der Waals surface area (Å²) in [6.45, 7) is 1.64. The van der Waals surface area contributed by atoms with Crippen molar-refractivity contribution in [3.05, 3.63) is 98.8 Å². The van der Waals surface area contributed by atoms with Crippen molar-refractivity contribution in [2.75, 3.05) is 4.90 Å². The number of hydrogen-bond acceptors (Lipinski definition) is 4. The lowest BCUT2D eigenvalue weighted by atomic mass is 10.1. The molecule has 9 heteroatoms. The minimum atomic E-state index is -0.868. The molecule has 3 aromatic carbocycles. The van der Waals surface area contributed by atoms with E-state index in [2.05, 4.69) is 5.32 Å². The van der Waals surface area contributed by atoms with Gasteiger partial charge in [-0.2, -0.15) is 0 Å². The smallest absolute Gasteiger partial charge is 0.335 e. The summed E-state index contributed by atoms with van der Waals surface area (Å²) in [5.41, 5.74) is 1.33. The molecule has 3 aromatic rings.